The van der Waals surface area contributed by atoms with Crippen LogP contribution in [-0.2, 0) is 0 Å². The average Bonchev–Trinajstić information content (AvgIpc) is 2.48. The first-order valence-electron chi connectivity index (χ1n) is 6.84. The topological polar surface area (TPSA) is 12.0 Å². The van der Waals surface area contributed by atoms with Gasteiger partial charge in [-0.05, 0) is 42.8 Å². The highest BCUT2D eigenvalue weighted by Gasteiger charge is 2.23. The molecular weight excluding hydrogens is 378 g/mol. The van der Waals surface area contributed by atoms with Crippen molar-refractivity contribution >= 4 is 31.9 Å². The van der Waals surface area contributed by atoms with Crippen LogP contribution in [0.5, 0.6) is 0 Å². The largest absolute Gasteiger partial charge is 0.312 e. The van der Waals surface area contributed by atoms with Crippen molar-refractivity contribution in [2.24, 2.45) is 0 Å². The maximum atomic E-state index is 3.68. The van der Waals surface area contributed by atoms with E-state index in [0.29, 0.717) is 5.92 Å². The van der Waals surface area contributed by atoms with Crippen LogP contribution in [0.1, 0.15) is 36.4 Å². The molecule has 1 N–H and O–H groups in total. The molecule has 0 saturated heterocycles. The fourth-order valence-electron chi connectivity index (χ4n) is 2.69. The molecule has 2 aromatic carbocycles. The van der Waals surface area contributed by atoms with Gasteiger partial charge >= 0.3 is 0 Å². The third-order valence-electron chi connectivity index (χ3n) is 3.67. The Kier molecular flexibility index (Phi) is 5.82. The van der Waals surface area contributed by atoms with Crippen molar-refractivity contribution in [3.8, 4) is 0 Å². The summed E-state index contributed by atoms with van der Waals surface area (Å²) in [4.78, 5) is 0. The second kappa shape index (κ2) is 7.39. The van der Waals surface area contributed by atoms with Gasteiger partial charge in [0.25, 0.3) is 0 Å². The molecule has 3 heteroatoms. The molecule has 2 atom stereocenters. The van der Waals surface area contributed by atoms with Gasteiger partial charge in [-0.3, -0.25) is 0 Å². The Balaban J connectivity index is 2.42. The summed E-state index contributed by atoms with van der Waals surface area (Å²) in [5.41, 5.74) is 2.67. The molecule has 0 heterocycles. The maximum absolute atomic E-state index is 3.68. The number of rotatable bonds is 5. The van der Waals surface area contributed by atoms with Crippen molar-refractivity contribution in [3.63, 3.8) is 0 Å². The molecule has 0 aliphatic heterocycles. The van der Waals surface area contributed by atoms with E-state index in [1.807, 2.05) is 7.05 Å². The van der Waals surface area contributed by atoms with Gasteiger partial charge in [0, 0.05) is 20.9 Å². The van der Waals surface area contributed by atoms with Crippen LogP contribution in [0.2, 0.25) is 0 Å². The Morgan fingerprint density at radius 1 is 1.05 bits per heavy atom. The molecule has 0 bridgehead atoms. The SMILES string of the molecule is CCC(c1ccccc1)C(NC)c1cc(Br)ccc1Br. The summed E-state index contributed by atoms with van der Waals surface area (Å²) in [7, 11) is 2.03. The highest BCUT2D eigenvalue weighted by atomic mass is 79.9. The van der Waals surface area contributed by atoms with Gasteiger partial charge in [0.1, 0.15) is 0 Å². The molecule has 2 aromatic rings. The van der Waals surface area contributed by atoms with Gasteiger partial charge in [-0.25, -0.2) is 0 Å². The predicted octanol–water partition coefficient (Wildman–Crippen LogP) is 5.67. The smallest absolute Gasteiger partial charge is 0.0398 e. The molecule has 20 heavy (non-hydrogen) atoms. The minimum absolute atomic E-state index is 0.286. The molecule has 0 radical (unpaired) electrons. The summed E-state index contributed by atoms with van der Waals surface area (Å²) < 4.78 is 2.26. The first-order valence-corrected chi connectivity index (χ1v) is 8.43. The molecule has 1 nitrogen and oxygen atoms in total. The van der Waals surface area contributed by atoms with Crippen LogP contribution < -0.4 is 5.32 Å². The highest BCUT2D eigenvalue weighted by molar-refractivity contribution is 9.11. The van der Waals surface area contributed by atoms with Crippen molar-refractivity contribution in [1.29, 1.82) is 0 Å². The fourth-order valence-corrected chi connectivity index (χ4v) is 3.56. The Bertz CT molecular complexity index is 554. The molecule has 0 aliphatic carbocycles. The summed E-state index contributed by atoms with van der Waals surface area (Å²) in [6, 6.07) is 17.4. The summed E-state index contributed by atoms with van der Waals surface area (Å²) >= 11 is 7.25. The summed E-state index contributed by atoms with van der Waals surface area (Å²) in [5.74, 6) is 0.451. The number of nitrogens with one attached hydrogen (secondary N) is 1. The third-order valence-corrected chi connectivity index (χ3v) is 4.89. The van der Waals surface area contributed by atoms with E-state index in [-0.39, 0.29) is 6.04 Å². The van der Waals surface area contributed by atoms with Crippen LogP contribution in [-0.4, -0.2) is 7.05 Å². The first-order chi connectivity index (χ1) is 9.67. The maximum Gasteiger partial charge on any atom is 0.0398 e. The second-order valence-electron chi connectivity index (χ2n) is 4.86. The van der Waals surface area contributed by atoms with Crippen molar-refractivity contribution < 1.29 is 0 Å². The lowest BCUT2D eigenvalue weighted by atomic mass is 9.85. The first kappa shape index (κ1) is 15.7. The summed E-state index contributed by atoms with van der Waals surface area (Å²) in [5, 5.41) is 3.49. The van der Waals surface area contributed by atoms with E-state index in [9.17, 15) is 0 Å². The molecular formula is C17H19Br2N. The molecule has 106 valence electrons. The van der Waals surface area contributed by atoms with E-state index in [1.54, 1.807) is 0 Å². The zero-order chi connectivity index (χ0) is 14.5. The van der Waals surface area contributed by atoms with Crippen molar-refractivity contribution in [3.05, 3.63) is 68.6 Å². The Morgan fingerprint density at radius 2 is 1.75 bits per heavy atom. The normalized spacial score (nSPS) is 14.0. The van der Waals surface area contributed by atoms with Crippen LogP contribution in [0.3, 0.4) is 0 Å². The van der Waals surface area contributed by atoms with Gasteiger partial charge < -0.3 is 5.32 Å². The third kappa shape index (κ3) is 3.51. The van der Waals surface area contributed by atoms with E-state index in [2.05, 4.69) is 92.6 Å². The highest BCUT2D eigenvalue weighted by Crippen LogP contribution is 2.37. The van der Waals surface area contributed by atoms with Gasteiger partial charge in [0.05, 0.1) is 0 Å². The van der Waals surface area contributed by atoms with E-state index >= 15 is 0 Å². The van der Waals surface area contributed by atoms with Crippen LogP contribution in [0.15, 0.2) is 57.5 Å². The Hall–Kier alpha value is -0.640. The molecule has 2 rings (SSSR count). The fraction of sp³-hybridized carbons (Fsp3) is 0.294. The standard InChI is InChI=1S/C17H19Br2N/c1-3-14(12-7-5-4-6-8-12)17(20-2)15-11-13(18)9-10-16(15)19/h4-11,14,17,20H,3H2,1-2H3. The average molecular weight is 397 g/mol. The zero-order valence-corrected chi connectivity index (χ0v) is 14.9. The molecule has 0 fully saturated rings. The van der Waals surface area contributed by atoms with Crippen LogP contribution in [0.4, 0.5) is 0 Å². The van der Waals surface area contributed by atoms with Crippen LogP contribution in [0, 0.1) is 0 Å². The quantitative estimate of drug-likeness (QED) is 0.686. The summed E-state index contributed by atoms with van der Waals surface area (Å²) in [6.07, 6.45) is 1.09. The van der Waals surface area contributed by atoms with Gasteiger partial charge in [0.2, 0.25) is 0 Å². The van der Waals surface area contributed by atoms with Crippen molar-refractivity contribution in [2.45, 2.75) is 25.3 Å². The molecule has 0 aliphatic rings. The predicted molar refractivity (Wildman–Crippen MR) is 93.1 cm³/mol. The molecule has 0 aromatic heterocycles. The van der Waals surface area contributed by atoms with Crippen molar-refractivity contribution in [2.75, 3.05) is 7.05 Å². The number of likely N-dealkylation sites (N-methyl/N-ethyl adjacent to an activating group) is 1. The molecule has 2 unspecified atom stereocenters. The molecule has 0 spiro atoms. The lowest BCUT2D eigenvalue weighted by Gasteiger charge is -2.28. The van der Waals surface area contributed by atoms with E-state index < -0.39 is 0 Å². The molecule has 0 saturated carbocycles. The van der Waals surface area contributed by atoms with Crippen LogP contribution >= 0.6 is 31.9 Å². The zero-order valence-electron chi connectivity index (χ0n) is 11.7. The van der Waals surface area contributed by atoms with E-state index in [0.717, 1.165) is 15.4 Å². The monoisotopic (exact) mass is 395 g/mol. The minimum atomic E-state index is 0.286. The molecule has 0 amide bonds. The number of halogens is 2. The number of hydrogen-bond acceptors (Lipinski definition) is 1. The van der Waals surface area contributed by atoms with Gasteiger partial charge in [-0.1, -0.05) is 69.1 Å². The van der Waals surface area contributed by atoms with Crippen LogP contribution in [0.25, 0.3) is 0 Å². The van der Waals surface area contributed by atoms with Gasteiger partial charge in [-0.15, -0.1) is 0 Å². The van der Waals surface area contributed by atoms with Gasteiger partial charge in [0.15, 0.2) is 0 Å². The minimum Gasteiger partial charge on any atom is -0.312 e. The van der Waals surface area contributed by atoms with Crippen molar-refractivity contribution in [1.82, 2.24) is 5.32 Å². The van der Waals surface area contributed by atoms with E-state index in [1.165, 1.54) is 11.1 Å². The lowest BCUT2D eigenvalue weighted by molar-refractivity contribution is 0.466. The van der Waals surface area contributed by atoms with E-state index in [4.69, 9.17) is 0 Å². The van der Waals surface area contributed by atoms with Gasteiger partial charge in [-0.2, -0.15) is 0 Å². The number of hydrogen-bond donors (Lipinski definition) is 1. The summed E-state index contributed by atoms with van der Waals surface area (Å²) in [6.45, 7) is 2.24. The Labute approximate surface area is 138 Å². The lowest BCUT2D eigenvalue weighted by Crippen LogP contribution is -2.24. The Morgan fingerprint density at radius 3 is 2.35 bits per heavy atom. The second-order valence-corrected chi connectivity index (χ2v) is 6.63. The number of benzene rings is 2.